The lowest BCUT2D eigenvalue weighted by Crippen LogP contribution is -2.50. The highest BCUT2D eigenvalue weighted by Crippen LogP contribution is 2.26. The average molecular weight is 330 g/mol. The zero-order chi connectivity index (χ0) is 17.6. The quantitative estimate of drug-likeness (QED) is 0.515. The van der Waals surface area contributed by atoms with Crippen LogP contribution in [0.2, 0.25) is 0 Å². The highest BCUT2D eigenvalue weighted by Gasteiger charge is 2.44. The van der Waals surface area contributed by atoms with E-state index in [0.29, 0.717) is 0 Å². The Morgan fingerprint density at radius 3 is 2.04 bits per heavy atom. The fraction of sp³-hybridized carbons (Fsp3) is 0.571. The van der Waals surface area contributed by atoms with E-state index < -0.39 is 42.2 Å². The van der Waals surface area contributed by atoms with Gasteiger partial charge in [-0.3, -0.25) is 19.2 Å². The monoisotopic (exact) mass is 330 g/mol. The van der Waals surface area contributed by atoms with Gasteiger partial charge in [-0.25, -0.2) is 0 Å². The van der Waals surface area contributed by atoms with Gasteiger partial charge in [0, 0.05) is 27.7 Å². The van der Waals surface area contributed by atoms with Gasteiger partial charge in [0.2, 0.25) is 6.10 Å². The summed E-state index contributed by atoms with van der Waals surface area (Å²) in [5, 5.41) is 0. The van der Waals surface area contributed by atoms with Crippen LogP contribution in [-0.4, -0.2) is 48.8 Å². The van der Waals surface area contributed by atoms with Gasteiger partial charge in [0.15, 0.2) is 18.0 Å². The Morgan fingerprint density at radius 2 is 1.57 bits per heavy atom. The van der Waals surface area contributed by atoms with Gasteiger partial charge in [-0.1, -0.05) is 0 Å². The van der Waals surface area contributed by atoms with Crippen LogP contribution in [-0.2, 0) is 42.9 Å². The summed E-state index contributed by atoms with van der Waals surface area (Å²) in [6, 6.07) is 0. The van der Waals surface area contributed by atoms with E-state index in [0.717, 1.165) is 27.0 Å². The Hall–Kier alpha value is -2.58. The molecule has 0 unspecified atom stereocenters. The van der Waals surface area contributed by atoms with Crippen molar-refractivity contribution < 1.29 is 42.9 Å². The van der Waals surface area contributed by atoms with Gasteiger partial charge in [-0.05, 0) is 0 Å². The van der Waals surface area contributed by atoms with Crippen molar-refractivity contribution >= 4 is 23.9 Å². The Balaban J connectivity index is 3.07. The minimum Gasteiger partial charge on any atom is -0.487 e. The summed E-state index contributed by atoms with van der Waals surface area (Å²) < 4.78 is 25.2. The molecule has 1 aliphatic heterocycles. The van der Waals surface area contributed by atoms with Crippen LogP contribution in [0.5, 0.6) is 0 Å². The van der Waals surface area contributed by atoms with Crippen molar-refractivity contribution in [3.8, 4) is 0 Å². The van der Waals surface area contributed by atoms with Crippen molar-refractivity contribution in [2.24, 2.45) is 0 Å². The molecule has 3 atom stereocenters. The summed E-state index contributed by atoms with van der Waals surface area (Å²) in [5.41, 5.74) is 0. The molecule has 0 aromatic heterocycles. The molecule has 1 rings (SSSR count). The van der Waals surface area contributed by atoms with Crippen molar-refractivity contribution in [1.82, 2.24) is 0 Å². The molecule has 0 fully saturated rings. The van der Waals surface area contributed by atoms with E-state index in [2.05, 4.69) is 0 Å². The molecule has 0 aromatic rings. The van der Waals surface area contributed by atoms with E-state index >= 15 is 0 Å². The Morgan fingerprint density at radius 1 is 0.957 bits per heavy atom. The second kappa shape index (κ2) is 8.16. The van der Waals surface area contributed by atoms with E-state index in [1.54, 1.807) is 0 Å². The van der Waals surface area contributed by atoms with Gasteiger partial charge in [0.25, 0.3) is 0 Å². The topological polar surface area (TPSA) is 114 Å². The first-order chi connectivity index (χ1) is 10.7. The standard InChI is InChI=1S/C14H18O9/c1-7(15)19-5-11-13(22-9(3)17)14(23-10(4)18)12(6-20-11)21-8(2)16/h6,11,13-14H,5H2,1-4H3/t11-,13+,14+/m1/s1. The first-order valence-electron chi connectivity index (χ1n) is 6.72. The fourth-order valence-corrected chi connectivity index (χ4v) is 1.87. The largest absolute Gasteiger partial charge is 0.487 e. The Kier molecular flexibility index (Phi) is 6.55. The second-order valence-electron chi connectivity index (χ2n) is 4.70. The highest BCUT2D eigenvalue weighted by molar-refractivity contribution is 5.69. The number of esters is 4. The highest BCUT2D eigenvalue weighted by atomic mass is 16.6. The molecular weight excluding hydrogens is 312 g/mol. The second-order valence-corrected chi connectivity index (χ2v) is 4.70. The molecule has 0 saturated heterocycles. The average Bonchev–Trinajstić information content (AvgIpc) is 2.39. The van der Waals surface area contributed by atoms with Crippen molar-refractivity contribution in [2.45, 2.75) is 46.0 Å². The summed E-state index contributed by atoms with van der Waals surface area (Å²) >= 11 is 0. The number of hydrogen-bond donors (Lipinski definition) is 0. The normalized spacial score (nSPS) is 23.0. The summed E-state index contributed by atoms with van der Waals surface area (Å²) in [4.78, 5) is 44.7. The minimum atomic E-state index is -1.20. The predicted molar refractivity (Wildman–Crippen MR) is 72.5 cm³/mol. The third-order valence-corrected chi connectivity index (χ3v) is 2.61. The molecule has 0 aromatic carbocycles. The lowest BCUT2D eigenvalue weighted by atomic mass is 10.0. The summed E-state index contributed by atoms with van der Waals surface area (Å²) in [7, 11) is 0. The van der Waals surface area contributed by atoms with Crippen LogP contribution in [0.25, 0.3) is 0 Å². The summed E-state index contributed by atoms with van der Waals surface area (Å²) in [6.45, 7) is 4.41. The first kappa shape index (κ1) is 18.5. The van der Waals surface area contributed by atoms with Gasteiger partial charge in [0.05, 0.1) is 0 Å². The summed E-state index contributed by atoms with van der Waals surface area (Å²) in [5.74, 6) is -2.71. The third-order valence-electron chi connectivity index (χ3n) is 2.61. The molecule has 0 radical (unpaired) electrons. The Labute approximate surface area is 132 Å². The van der Waals surface area contributed by atoms with E-state index in [4.69, 9.17) is 23.7 Å². The van der Waals surface area contributed by atoms with Gasteiger partial charge in [-0.2, -0.15) is 0 Å². The maximum absolute atomic E-state index is 11.3. The van der Waals surface area contributed by atoms with Crippen LogP contribution < -0.4 is 0 Å². The van der Waals surface area contributed by atoms with Gasteiger partial charge >= 0.3 is 23.9 Å². The molecule has 0 saturated carbocycles. The van der Waals surface area contributed by atoms with E-state index in [-0.39, 0.29) is 12.4 Å². The molecule has 128 valence electrons. The van der Waals surface area contributed by atoms with Crippen molar-refractivity contribution in [2.75, 3.05) is 6.61 Å². The molecular formula is C14H18O9. The van der Waals surface area contributed by atoms with Crippen LogP contribution in [0.15, 0.2) is 12.0 Å². The molecule has 1 aliphatic rings. The van der Waals surface area contributed by atoms with Crippen molar-refractivity contribution in [1.29, 1.82) is 0 Å². The summed E-state index contributed by atoms with van der Waals surface area (Å²) in [6.07, 6.45) is -2.21. The molecule has 23 heavy (non-hydrogen) atoms. The Bertz CT molecular complexity index is 522. The van der Waals surface area contributed by atoms with E-state index in [1.165, 1.54) is 6.92 Å². The molecule has 0 bridgehead atoms. The number of hydrogen-bond acceptors (Lipinski definition) is 9. The molecule has 0 N–H and O–H groups in total. The zero-order valence-electron chi connectivity index (χ0n) is 13.2. The van der Waals surface area contributed by atoms with Gasteiger partial charge < -0.3 is 23.7 Å². The lowest BCUT2D eigenvalue weighted by Gasteiger charge is -2.35. The third kappa shape index (κ3) is 5.97. The van der Waals surface area contributed by atoms with Crippen LogP contribution >= 0.6 is 0 Å². The SMILES string of the molecule is CC(=O)OC[C@H]1OC=C(OC(C)=O)[C@H](OC(C)=O)[C@H]1OC(C)=O. The molecule has 9 nitrogen and oxygen atoms in total. The maximum atomic E-state index is 11.3. The van der Waals surface area contributed by atoms with Crippen LogP contribution in [0, 0.1) is 0 Å². The van der Waals surface area contributed by atoms with Crippen molar-refractivity contribution in [3.63, 3.8) is 0 Å². The number of carbonyl (C=O) groups excluding carboxylic acids is 4. The molecule has 0 spiro atoms. The van der Waals surface area contributed by atoms with Crippen LogP contribution in [0.4, 0.5) is 0 Å². The van der Waals surface area contributed by atoms with Gasteiger partial charge in [-0.15, -0.1) is 0 Å². The van der Waals surface area contributed by atoms with Gasteiger partial charge in [0.1, 0.15) is 12.9 Å². The molecule has 9 heteroatoms. The number of ether oxygens (including phenoxy) is 5. The van der Waals surface area contributed by atoms with E-state index in [1.807, 2.05) is 0 Å². The minimum absolute atomic E-state index is 0.127. The van der Waals surface area contributed by atoms with Crippen LogP contribution in [0.3, 0.4) is 0 Å². The lowest BCUT2D eigenvalue weighted by molar-refractivity contribution is -0.186. The fourth-order valence-electron chi connectivity index (χ4n) is 1.87. The maximum Gasteiger partial charge on any atom is 0.307 e. The van der Waals surface area contributed by atoms with E-state index in [9.17, 15) is 19.2 Å². The molecule has 1 heterocycles. The van der Waals surface area contributed by atoms with Crippen LogP contribution in [0.1, 0.15) is 27.7 Å². The zero-order valence-corrected chi connectivity index (χ0v) is 13.2. The smallest absolute Gasteiger partial charge is 0.307 e. The predicted octanol–water partition coefficient (Wildman–Crippen LogP) is 0.216. The molecule has 0 aliphatic carbocycles. The first-order valence-corrected chi connectivity index (χ1v) is 6.72. The van der Waals surface area contributed by atoms with Crippen molar-refractivity contribution in [3.05, 3.63) is 12.0 Å². The molecule has 0 amide bonds. The number of carbonyl (C=O) groups is 4. The number of rotatable bonds is 5.